The summed E-state index contributed by atoms with van der Waals surface area (Å²) in [5.41, 5.74) is 8.73. The van der Waals surface area contributed by atoms with E-state index in [1.54, 1.807) is 0 Å². The maximum Gasteiger partial charge on any atom is 0.122 e. The van der Waals surface area contributed by atoms with E-state index in [1.807, 2.05) is 0 Å². The SMILES string of the molecule is Cc1cc(C(C)(C)C)ccc1OC1CCC(N)CC1. The lowest BCUT2D eigenvalue weighted by atomic mass is 9.86. The summed E-state index contributed by atoms with van der Waals surface area (Å²) < 4.78 is 6.15. The van der Waals surface area contributed by atoms with Crippen LogP contribution in [0.5, 0.6) is 5.75 Å². The summed E-state index contributed by atoms with van der Waals surface area (Å²) >= 11 is 0. The fourth-order valence-corrected chi connectivity index (χ4v) is 2.63. The molecule has 19 heavy (non-hydrogen) atoms. The Morgan fingerprint density at radius 1 is 1.11 bits per heavy atom. The molecule has 1 saturated carbocycles. The lowest BCUT2D eigenvalue weighted by Crippen LogP contribution is -2.31. The van der Waals surface area contributed by atoms with Gasteiger partial charge in [0, 0.05) is 6.04 Å². The Hall–Kier alpha value is -1.02. The molecule has 1 aliphatic carbocycles. The predicted octanol–water partition coefficient (Wildman–Crippen LogP) is 3.94. The molecule has 2 heteroatoms. The van der Waals surface area contributed by atoms with Crippen LogP contribution in [0.4, 0.5) is 0 Å². The third kappa shape index (κ3) is 3.73. The minimum absolute atomic E-state index is 0.195. The number of benzene rings is 1. The minimum atomic E-state index is 0.195. The standard InChI is InChI=1S/C17H27NO/c1-12-11-13(17(2,3)4)5-10-16(12)19-15-8-6-14(18)7-9-15/h5,10-11,14-15H,6-9,18H2,1-4H3. The van der Waals surface area contributed by atoms with Crippen LogP contribution < -0.4 is 10.5 Å². The maximum atomic E-state index is 6.15. The van der Waals surface area contributed by atoms with E-state index < -0.39 is 0 Å². The first-order valence-corrected chi connectivity index (χ1v) is 7.39. The summed E-state index contributed by atoms with van der Waals surface area (Å²) in [4.78, 5) is 0. The fourth-order valence-electron chi connectivity index (χ4n) is 2.63. The number of rotatable bonds is 2. The Balaban J connectivity index is 2.05. The van der Waals surface area contributed by atoms with E-state index in [0.717, 1.165) is 31.4 Å². The molecule has 0 bridgehead atoms. The summed E-state index contributed by atoms with van der Waals surface area (Å²) in [6.07, 6.45) is 4.69. The molecule has 0 heterocycles. The minimum Gasteiger partial charge on any atom is -0.490 e. The van der Waals surface area contributed by atoms with Gasteiger partial charge in [0.25, 0.3) is 0 Å². The lowest BCUT2D eigenvalue weighted by Gasteiger charge is -2.28. The van der Waals surface area contributed by atoms with Crippen molar-refractivity contribution in [3.05, 3.63) is 29.3 Å². The van der Waals surface area contributed by atoms with Gasteiger partial charge in [-0.1, -0.05) is 32.9 Å². The van der Waals surface area contributed by atoms with Gasteiger partial charge in [0.1, 0.15) is 5.75 Å². The number of ether oxygens (including phenoxy) is 1. The third-order valence-electron chi connectivity index (χ3n) is 4.05. The molecule has 0 spiro atoms. The van der Waals surface area contributed by atoms with Crippen molar-refractivity contribution in [2.45, 2.75) is 70.9 Å². The number of nitrogens with two attached hydrogens (primary N) is 1. The second-order valence-corrected chi connectivity index (χ2v) is 6.88. The zero-order valence-corrected chi connectivity index (χ0v) is 12.7. The first-order chi connectivity index (χ1) is 8.86. The van der Waals surface area contributed by atoms with Crippen molar-refractivity contribution < 1.29 is 4.74 Å². The Labute approximate surface area is 117 Å². The molecule has 0 radical (unpaired) electrons. The van der Waals surface area contributed by atoms with Crippen LogP contribution in [-0.2, 0) is 5.41 Å². The average molecular weight is 261 g/mol. The van der Waals surface area contributed by atoms with Gasteiger partial charge in [0.2, 0.25) is 0 Å². The Kier molecular flexibility index (Phi) is 4.19. The largest absolute Gasteiger partial charge is 0.490 e. The van der Waals surface area contributed by atoms with E-state index in [2.05, 4.69) is 45.9 Å². The highest BCUT2D eigenvalue weighted by atomic mass is 16.5. The first kappa shape index (κ1) is 14.4. The van der Waals surface area contributed by atoms with Crippen LogP contribution in [0.15, 0.2) is 18.2 Å². The van der Waals surface area contributed by atoms with Gasteiger partial charge in [-0.2, -0.15) is 0 Å². The molecule has 1 aromatic carbocycles. The van der Waals surface area contributed by atoms with E-state index in [0.29, 0.717) is 12.1 Å². The number of hydrogen-bond acceptors (Lipinski definition) is 2. The van der Waals surface area contributed by atoms with Gasteiger partial charge < -0.3 is 10.5 Å². The highest BCUT2D eigenvalue weighted by Gasteiger charge is 2.21. The molecule has 0 unspecified atom stereocenters. The van der Waals surface area contributed by atoms with Crippen LogP contribution in [0.25, 0.3) is 0 Å². The molecule has 0 saturated heterocycles. The van der Waals surface area contributed by atoms with E-state index in [9.17, 15) is 0 Å². The van der Waals surface area contributed by atoms with Gasteiger partial charge in [-0.15, -0.1) is 0 Å². The molecule has 0 aliphatic heterocycles. The molecule has 0 aromatic heterocycles. The van der Waals surface area contributed by atoms with Crippen molar-refractivity contribution in [2.24, 2.45) is 5.73 Å². The Morgan fingerprint density at radius 2 is 1.74 bits per heavy atom. The third-order valence-corrected chi connectivity index (χ3v) is 4.05. The second-order valence-electron chi connectivity index (χ2n) is 6.88. The highest BCUT2D eigenvalue weighted by Crippen LogP contribution is 2.30. The summed E-state index contributed by atoms with van der Waals surface area (Å²) in [6.45, 7) is 8.86. The summed E-state index contributed by atoms with van der Waals surface area (Å²) in [7, 11) is 0. The van der Waals surface area contributed by atoms with Gasteiger partial charge >= 0.3 is 0 Å². The van der Waals surface area contributed by atoms with Crippen molar-refractivity contribution in [3.8, 4) is 5.75 Å². The van der Waals surface area contributed by atoms with Gasteiger partial charge in [0.05, 0.1) is 6.10 Å². The van der Waals surface area contributed by atoms with Gasteiger partial charge in [-0.25, -0.2) is 0 Å². The monoisotopic (exact) mass is 261 g/mol. The number of aryl methyl sites for hydroxylation is 1. The predicted molar refractivity (Wildman–Crippen MR) is 80.7 cm³/mol. The molecule has 106 valence electrons. The molecule has 0 amide bonds. The molecular formula is C17H27NO. The van der Waals surface area contributed by atoms with Gasteiger partial charge in [-0.05, 0) is 55.2 Å². The Morgan fingerprint density at radius 3 is 2.26 bits per heavy atom. The van der Waals surface area contributed by atoms with Crippen molar-refractivity contribution in [3.63, 3.8) is 0 Å². The molecule has 2 rings (SSSR count). The molecule has 1 aliphatic rings. The summed E-state index contributed by atoms with van der Waals surface area (Å²) in [5.74, 6) is 1.04. The van der Waals surface area contributed by atoms with Gasteiger partial charge in [0.15, 0.2) is 0 Å². The van der Waals surface area contributed by atoms with Crippen LogP contribution in [-0.4, -0.2) is 12.1 Å². The van der Waals surface area contributed by atoms with Crippen LogP contribution in [0.2, 0.25) is 0 Å². The van der Waals surface area contributed by atoms with Crippen LogP contribution in [0, 0.1) is 6.92 Å². The van der Waals surface area contributed by atoms with Crippen molar-refractivity contribution in [1.82, 2.24) is 0 Å². The molecule has 1 fully saturated rings. The molecular weight excluding hydrogens is 234 g/mol. The van der Waals surface area contributed by atoms with E-state index in [4.69, 9.17) is 10.5 Å². The lowest BCUT2D eigenvalue weighted by molar-refractivity contribution is 0.146. The summed E-state index contributed by atoms with van der Waals surface area (Å²) in [5, 5.41) is 0. The molecule has 1 aromatic rings. The van der Waals surface area contributed by atoms with E-state index in [1.165, 1.54) is 11.1 Å². The van der Waals surface area contributed by atoms with Crippen molar-refractivity contribution >= 4 is 0 Å². The zero-order chi connectivity index (χ0) is 14.0. The van der Waals surface area contributed by atoms with Crippen molar-refractivity contribution in [1.29, 1.82) is 0 Å². The van der Waals surface area contributed by atoms with Gasteiger partial charge in [-0.3, -0.25) is 0 Å². The molecule has 2 N–H and O–H groups in total. The maximum absolute atomic E-state index is 6.15. The Bertz CT molecular complexity index is 425. The van der Waals surface area contributed by atoms with Crippen LogP contribution in [0.3, 0.4) is 0 Å². The summed E-state index contributed by atoms with van der Waals surface area (Å²) in [6, 6.07) is 6.95. The molecule has 2 nitrogen and oxygen atoms in total. The fraction of sp³-hybridized carbons (Fsp3) is 0.647. The van der Waals surface area contributed by atoms with Crippen LogP contribution >= 0.6 is 0 Å². The quantitative estimate of drug-likeness (QED) is 0.875. The second kappa shape index (κ2) is 5.54. The van der Waals surface area contributed by atoms with Crippen molar-refractivity contribution in [2.75, 3.05) is 0 Å². The van der Waals surface area contributed by atoms with E-state index in [-0.39, 0.29) is 5.41 Å². The highest BCUT2D eigenvalue weighted by molar-refractivity contribution is 5.38. The molecule has 0 atom stereocenters. The normalized spacial score (nSPS) is 24.3. The zero-order valence-electron chi connectivity index (χ0n) is 12.7. The topological polar surface area (TPSA) is 35.2 Å². The smallest absolute Gasteiger partial charge is 0.122 e. The van der Waals surface area contributed by atoms with E-state index >= 15 is 0 Å². The number of hydrogen-bond donors (Lipinski definition) is 1. The average Bonchev–Trinajstić information content (AvgIpc) is 2.33. The van der Waals surface area contributed by atoms with Crippen LogP contribution in [0.1, 0.15) is 57.6 Å². The first-order valence-electron chi connectivity index (χ1n) is 7.39.